The Balaban J connectivity index is 2.15. The van der Waals surface area contributed by atoms with Gasteiger partial charge in [0.1, 0.15) is 0 Å². The van der Waals surface area contributed by atoms with Crippen LogP contribution < -0.4 is 4.72 Å². The fourth-order valence-corrected chi connectivity index (χ4v) is 4.10. The number of benzene rings is 1. The lowest BCUT2D eigenvalue weighted by atomic mass is 9.97. The molecule has 0 unspecified atom stereocenters. The van der Waals surface area contributed by atoms with Gasteiger partial charge in [-0.15, -0.1) is 0 Å². The highest BCUT2D eigenvalue weighted by atomic mass is 35.5. The van der Waals surface area contributed by atoms with Gasteiger partial charge in [0.25, 0.3) is 0 Å². The first-order valence-corrected chi connectivity index (χ1v) is 8.78. The van der Waals surface area contributed by atoms with Crippen LogP contribution in [0.5, 0.6) is 0 Å². The van der Waals surface area contributed by atoms with E-state index < -0.39 is 10.0 Å². The zero-order chi connectivity index (χ0) is 14.6. The first kappa shape index (κ1) is 15.8. The average molecular weight is 318 g/mol. The van der Waals surface area contributed by atoms with Crippen LogP contribution >= 0.6 is 11.6 Å². The summed E-state index contributed by atoms with van der Waals surface area (Å²) >= 11 is 5.77. The van der Waals surface area contributed by atoms with Gasteiger partial charge in [-0.1, -0.05) is 30.9 Å². The van der Waals surface area contributed by atoms with Crippen molar-refractivity contribution in [2.24, 2.45) is 5.92 Å². The molecule has 1 aliphatic carbocycles. The van der Waals surface area contributed by atoms with Crippen molar-refractivity contribution in [2.45, 2.75) is 43.0 Å². The van der Waals surface area contributed by atoms with Crippen LogP contribution in [0.25, 0.3) is 0 Å². The highest BCUT2D eigenvalue weighted by Gasteiger charge is 2.27. The molecule has 1 saturated carbocycles. The zero-order valence-corrected chi connectivity index (χ0v) is 12.8. The topological polar surface area (TPSA) is 66.4 Å². The lowest BCUT2D eigenvalue weighted by molar-refractivity contribution is 0.191. The molecule has 0 spiro atoms. The van der Waals surface area contributed by atoms with Gasteiger partial charge in [0.15, 0.2) is 0 Å². The molecule has 1 aliphatic rings. The number of halogens is 1. The van der Waals surface area contributed by atoms with E-state index in [0.29, 0.717) is 5.02 Å². The van der Waals surface area contributed by atoms with Crippen LogP contribution in [-0.4, -0.2) is 26.2 Å². The summed E-state index contributed by atoms with van der Waals surface area (Å²) in [6.45, 7) is 0.0216. The van der Waals surface area contributed by atoms with Gasteiger partial charge in [0, 0.05) is 17.7 Å². The molecule has 2 rings (SSSR count). The maximum atomic E-state index is 12.3. The minimum Gasteiger partial charge on any atom is -0.396 e. The Morgan fingerprint density at radius 2 is 1.80 bits per heavy atom. The smallest absolute Gasteiger partial charge is 0.240 e. The Hall–Kier alpha value is -0.620. The van der Waals surface area contributed by atoms with Crippen LogP contribution in [0.2, 0.25) is 5.02 Å². The first-order chi connectivity index (χ1) is 9.53. The molecule has 0 aliphatic heterocycles. The van der Waals surface area contributed by atoms with Crippen LogP contribution in [0.1, 0.15) is 32.1 Å². The van der Waals surface area contributed by atoms with Crippen LogP contribution in [0, 0.1) is 5.92 Å². The van der Waals surface area contributed by atoms with Crippen LogP contribution in [0.3, 0.4) is 0 Å². The maximum Gasteiger partial charge on any atom is 0.240 e. The van der Waals surface area contributed by atoms with Crippen LogP contribution in [-0.2, 0) is 10.0 Å². The highest BCUT2D eigenvalue weighted by molar-refractivity contribution is 7.89. The SMILES string of the molecule is O=S(=O)(N[C@H]1CCCCC[C@H]1CO)c1ccc(Cl)cc1. The molecular formula is C14H20ClNO3S. The lowest BCUT2D eigenvalue weighted by Gasteiger charge is -2.24. The van der Waals surface area contributed by atoms with Crippen molar-refractivity contribution in [2.75, 3.05) is 6.61 Å². The number of hydrogen-bond donors (Lipinski definition) is 2. The van der Waals surface area contributed by atoms with Gasteiger partial charge in [-0.3, -0.25) is 0 Å². The molecule has 112 valence electrons. The van der Waals surface area contributed by atoms with Gasteiger partial charge in [-0.05, 0) is 43.0 Å². The Kier molecular flexibility index (Phi) is 5.43. The molecule has 0 heterocycles. The predicted molar refractivity (Wildman–Crippen MR) is 79.2 cm³/mol. The molecule has 0 saturated heterocycles. The first-order valence-electron chi connectivity index (χ1n) is 6.91. The van der Waals surface area contributed by atoms with E-state index in [1.165, 1.54) is 12.1 Å². The molecule has 0 bridgehead atoms. The number of sulfonamides is 1. The van der Waals surface area contributed by atoms with Crippen molar-refractivity contribution in [1.82, 2.24) is 4.72 Å². The monoisotopic (exact) mass is 317 g/mol. The highest BCUT2D eigenvalue weighted by Crippen LogP contribution is 2.25. The summed E-state index contributed by atoms with van der Waals surface area (Å²) in [6, 6.07) is 5.92. The fraction of sp³-hybridized carbons (Fsp3) is 0.571. The minimum absolute atomic E-state index is 0.000393. The second-order valence-corrected chi connectivity index (χ2v) is 7.41. The van der Waals surface area contributed by atoms with Gasteiger partial charge in [0.2, 0.25) is 10.0 Å². The van der Waals surface area contributed by atoms with Gasteiger partial charge >= 0.3 is 0 Å². The molecule has 0 radical (unpaired) electrons. The number of rotatable bonds is 4. The Morgan fingerprint density at radius 1 is 1.15 bits per heavy atom. The minimum atomic E-state index is -3.56. The van der Waals surface area contributed by atoms with E-state index in [1.807, 2.05) is 0 Å². The summed E-state index contributed by atoms with van der Waals surface area (Å²) in [4.78, 5) is 0.211. The molecule has 1 fully saturated rings. The average Bonchev–Trinajstić information content (AvgIpc) is 2.63. The maximum absolute atomic E-state index is 12.3. The quantitative estimate of drug-likeness (QED) is 0.839. The van der Waals surface area contributed by atoms with E-state index in [1.54, 1.807) is 12.1 Å². The molecule has 1 aromatic rings. The predicted octanol–water partition coefficient (Wildman–Crippen LogP) is 2.56. The Bertz CT molecular complexity index is 530. The van der Waals surface area contributed by atoms with Crippen molar-refractivity contribution in [3.8, 4) is 0 Å². The van der Waals surface area contributed by atoms with E-state index in [2.05, 4.69) is 4.72 Å². The summed E-state index contributed by atoms with van der Waals surface area (Å²) in [5.74, 6) is -0.000393. The van der Waals surface area contributed by atoms with Gasteiger partial charge in [-0.2, -0.15) is 0 Å². The molecule has 0 aromatic heterocycles. The van der Waals surface area contributed by atoms with Crippen LogP contribution in [0.4, 0.5) is 0 Å². The van der Waals surface area contributed by atoms with E-state index in [4.69, 9.17) is 11.6 Å². The normalized spacial score (nSPS) is 24.3. The van der Waals surface area contributed by atoms with Gasteiger partial charge < -0.3 is 5.11 Å². The van der Waals surface area contributed by atoms with Gasteiger partial charge in [0.05, 0.1) is 4.90 Å². The largest absolute Gasteiger partial charge is 0.396 e. The van der Waals surface area contributed by atoms with E-state index in [9.17, 15) is 13.5 Å². The van der Waals surface area contributed by atoms with Crippen molar-refractivity contribution < 1.29 is 13.5 Å². The number of aliphatic hydroxyl groups is 1. The number of aliphatic hydroxyl groups excluding tert-OH is 1. The summed E-state index contributed by atoms with van der Waals surface area (Å²) in [5, 5.41) is 9.94. The van der Waals surface area contributed by atoms with Crippen LogP contribution in [0.15, 0.2) is 29.2 Å². The van der Waals surface area contributed by atoms with Crippen molar-refractivity contribution >= 4 is 21.6 Å². The third-order valence-electron chi connectivity index (χ3n) is 3.82. The molecule has 0 amide bonds. The zero-order valence-electron chi connectivity index (χ0n) is 11.3. The molecule has 1 aromatic carbocycles. The van der Waals surface area contributed by atoms with E-state index in [0.717, 1.165) is 32.1 Å². The number of nitrogens with one attached hydrogen (secondary N) is 1. The fourth-order valence-electron chi connectivity index (χ4n) is 2.64. The molecular weight excluding hydrogens is 298 g/mol. The summed E-state index contributed by atoms with van der Waals surface area (Å²) < 4.78 is 27.4. The molecule has 20 heavy (non-hydrogen) atoms. The standard InChI is InChI=1S/C14H20ClNO3S/c15-12-6-8-13(9-7-12)20(18,19)16-14-5-3-1-2-4-11(14)10-17/h6-9,11,14,16-17H,1-5,10H2/t11-,14-/m0/s1. The summed E-state index contributed by atoms with van der Waals surface area (Å²) in [5.41, 5.74) is 0. The molecule has 6 heteroatoms. The molecule has 2 atom stereocenters. The Morgan fingerprint density at radius 3 is 2.45 bits per heavy atom. The van der Waals surface area contributed by atoms with Crippen molar-refractivity contribution in [3.05, 3.63) is 29.3 Å². The summed E-state index contributed by atoms with van der Waals surface area (Å²) in [7, 11) is -3.56. The van der Waals surface area contributed by atoms with Crippen molar-refractivity contribution in [3.63, 3.8) is 0 Å². The van der Waals surface area contributed by atoms with Gasteiger partial charge in [-0.25, -0.2) is 13.1 Å². The lowest BCUT2D eigenvalue weighted by Crippen LogP contribution is -2.41. The van der Waals surface area contributed by atoms with E-state index in [-0.39, 0.29) is 23.5 Å². The Labute approximate surface area is 125 Å². The summed E-state index contributed by atoms with van der Waals surface area (Å²) in [6.07, 6.45) is 4.77. The van der Waals surface area contributed by atoms with E-state index >= 15 is 0 Å². The second-order valence-electron chi connectivity index (χ2n) is 5.26. The third kappa shape index (κ3) is 3.95. The molecule has 4 nitrogen and oxygen atoms in total. The molecule has 2 N–H and O–H groups in total. The second kappa shape index (κ2) is 6.89. The number of hydrogen-bond acceptors (Lipinski definition) is 3. The van der Waals surface area contributed by atoms with Crippen molar-refractivity contribution in [1.29, 1.82) is 0 Å². The third-order valence-corrected chi connectivity index (χ3v) is 5.58.